The van der Waals surface area contributed by atoms with Crippen LogP contribution < -0.4 is 10.1 Å². The van der Waals surface area contributed by atoms with Crippen molar-refractivity contribution < 1.29 is 13.5 Å². The minimum absolute atomic E-state index is 0.0811. The number of halogens is 3. The monoisotopic (exact) mass is 459 g/mol. The fourth-order valence-corrected chi connectivity index (χ4v) is 3.41. The molecule has 32 heavy (non-hydrogen) atoms. The maximum atomic E-state index is 14.2. The topological polar surface area (TPSA) is 75.8 Å². The molecule has 0 aliphatic heterocycles. The number of benzene rings is 1. The Morgan fingerprint density at radius 3 is 2.81 bits per heavy atom. The molecule has 1 aromatic carbocycles. The molecule has 6 nitrogen and oxygen atoms in total. The quantitative estimate of drug-likeness (QED) is 0.434. The van der Waals surface area contributed by atoms with Gasteiger partial charge in [0.05, 0.1) is 5.69 Å². The number of hydrogen-bond donors (Lipinski definition) is 2. The third-order valence-corrected chi connectivity index (χ3v) is 5.01. The van der Waals surface area contributed by atoms with E-state index in [4.69, 9.17) is 21.7 Å². The molecule has 0 spiro atoms. The summed E-state index contributed by atoms with van der Waals surface area (Å²) in [6.07, 6.45) is 4.59. The summed E-state index contributed by atoms with van der Waals surface area (Å²) in [7, 11) is 1.78. The average molecular weight is 460 g/mol. The highest BCUT2D eigenvalue weighted by Gasteiger charge is 2.21. The fraction of sp³-hybridized carbons (Fsp3) is 0.261. The van der Waals surface area contributed by atoms with E-state index in [-0.39, 0.29) is 11.1 Å². The number of hydrogen-bond acceptors (Lipinski definition) is 5. The minimum atomic E-state index is -0.706. The first kappa shape index (κ1) is 23.4. The predicted molar refractivity (Wildman–Crippen MR) is 121 cm³/mol. The lowest BCUT2D eigenvalue weighted by molar-refractivity contribution is 0.206. The molecular weight excluding hydrogens is 436 g/mol. The summed E-state index contributed by atoms with van der Waals surface area (Å²) in [5.74, 6) is -1.22. The molecule has 3 rings (SSSR count). The van der Waals surface area contributed by atoms with E-state index in [0.717, 1.165) is 5.56 Å². The van der Waals surface area contributed by atoms with Gasteiger partial charge < -0.3 is 10.1 Å². The first-order chi connectivity index (χ1) is 15.3. The molecule has 2 N–H and O–H groups in total. The SMILES string of the molecule is CCN/C=C(/Cc1cn(C)nc1-c1ccc(F)cc1C(C)Oc1ncccc1F)C(=N)Cl. The van der Waals surface area contributed by atoms with E-state index < -0.39 is 17.7 Å². The summed E-state index contributed by atoms with van der Waals surface area (Å²) < 4.78 is 35.6. The Balaban J connectivity index is 2.02. The summed E-state index contributed by atoms with van der Waals surface area (Å²) in [4.78, 5) is 3.91. The van der Waals surface area contributed by atoms with E-state index in [1.165, 1.54) is 30.5 Å². The van der Waals surface area contributed by atoms with Gasteiger partial charge in [-0.25, -0.2) is 13.8 Å². The van der Waals surface area contributed by atoms with Crippen molar-refractivity contribution in [1.29, 1.82) is 5.41 Å². The van der Waals surface area contributed by atoms with Gasteiger partial charge in [-0.05, 0) is 44.2 Å². The van der Waals surface area contributed by atoms with Crippen LogP contribution in [0.25, 0.3) is 11.3 Å². The van der Waals surface area contributed by atoms with Gasteiger partial charge in [0.1, 0.15) is 17.1 Å². The van der Waals surface area contributed by atoms with Crippen molar-refractivity contribution in [3.63, 3.8) is 0 Å². The van der Waals surface area contributed by atoms with Crippen LogP contribution >= 0.6 is 11.6 Å². The van der Waals surface area contributed by atoms with Gasteiger partial charge in [0.2, 0.25) is 0 Å². The molecule has 0 amide bonds. The number of ether oxygens (including phenoxy) is 1. The van der Waals surface area contributed by atoms with E-state index in [9.17, 15) is 8.78 Å². The van der Waals surface area contributed by atoms with Crippen molar-refractivity contribution in [1.82, 2.24) is 20.1 Å². The predicted octanol–water partition coefficient (Wildman–Crippen LogP) is 5.15. The summed E-state index contributed by atoms with van der Waals surface area (Å²) >= 11 is 5.98. The number of pyridine rings is 1. The van der Waals surface area contributed by atoms with E-state index in [1.807, 2.05) is 13.1 Å². The number of nitrogens with one attached hydrogen (secondary N) is 2. The second-order valence-corrected chi connectivity index (χ2v) is 7.55. The standard InChI is InChI=1S/C23H24ClF2N5O/c1-4-28-12-15(22(24)27)10-16-13-31(3)30-21(16)18-8-7-17(25)11-19(18)14(2)32-23-20(26)6-5-9-29-23/h5-9,11-14,27-28H,4,10H2,1-3H3/b15-12-,27-22?. The van der Waals surface area contributed by atoms with E-state index in [2.05, 4.69) is 15.4 Å². The Hall–Kier alpha value is -3.26. The molecule has 2 heterocycles. The molecule has 0 fully saturated rings. The number of rotatable bonds is 9. The van der Waals surface area contributed by atoms with Gasteiger partial charge in [-0.3, -0.25) is 10.1 Å². The molecule has 0 aliphatic carbocycles. The number of aryl methyl sites for hydroxylation is 1. The van der Waals surface area contributed by atoms with Crippen LogP contribution in [-0.2, 0) is 13.5 Å². The molecule has 1 unspecified atom stereocenters. The Kier molecular flexibility index (Phi) is 7.58. The van der Waals surface area contributed by atoms with Crippen molar-refractivity contribution in [2.24, 2.45) is 7.05 Å². The Morgan fingerprint density at radius 1 is 1.34 bits per heavy atom. The lowest BCUT2D eigenvalue weighted by atomic mass is 9.96. The Morgan fingerprint density at radius 2 is 2.12 bits per heavy atom. The van der Waals surface area contributed by atoms with Crippen molar-refractivity contribution in [3.8, 4) is 17.1 Å². The molecule has 0 bridgehead atoms. The molecule has 0 saturated carbocycles. The van der Waals surface area contributed by atoms with Crippen LogP contribution in [0.1, 0.15) is 31.1 Å². The van der Waals surface area contributed by atoms with Crippen LogP contribution in [-0.4, -0.2) is 26.5 Å². The number of nitrogens with zero attached hydrogens (tertiary/aromatic N) is 3. The fourth-order valence-electron chi connectivity index (χ4n) is 3.29. The molecular formula is C23H24ClF2N5O. The summed E-state index contributed by atoms with van der Waals surface area (Å²) in [5.41, 5.74) is 3.11. The molecule has 0 radical (unpaired) electrons. The molecule has 0 aliphatic rings. The van der Waals surface area contributed by atoms with Crippen LogP contribution in [0.5, 0.6) is 5.88 Å². The maximum Gasteiger partial charge on any atom is 0.250 e. The average Bonchev–Trinajstić information content (AvgIpc) is 3.12. The van der Waals surface area contributed by atoms with Crippen LogP contribution in [0.4, 0.5) is 8.78 Å². The third kappa shape index (κ3) is 5.50. The summed E-state index contributed by atoms with van der Waals surface area (Å²) in [6.45, 7) is 4.33. The van der Waals surface area contributed by atoms with Gasteiger partial charge in [0, 0.05) is 60.9 Å². The van der Waals surface area contributed by atoms with E-state index in [0.29, 0.717) is 35.4 Å². The zero-order chi connectivity index (χ0) is 23.3. The van der Waals surface area contributed by atoms with Crippen LogP contribution in [0.2, 0.25) is 0 Å². The first-order valence-corrected chi connectivity index (χ1v) is 10.4. The molecule has 2 aromatic heterocycles. The van der Waals surface area contributed by atoms with Gasteiger partial charge >= 0.3 is 0 Å². The maximum absolute atomic E-state index is 14.2. The van der Waals surface area contributed by atoms with Crippen molar-refractivity contribution in [2.75, 3.05) is 6.54 Å². The summed E-state index contributed by atoms with van der Waals surface area (Å²) in [6, 6.07) is 7.01. The summed E-state index contributed by atoms with van der Waals surface area (Å²) in [5, 5.41) is 15.4. The minimum Gasteiger partial charge on any atom is -0.468 e. The molecule has 168 valence electrons. The highest BCUT2D eigenvalue weighted by Crippen LogP contribution is 2.33. The Labute approximate surface area is 190 Å². The Bertz CT molecular complexity index is 1150. The normalized spacial score (nSPS) is 12.5. The lowest BCUT2D eigenvalue weighted by Gasteiger charge is -2.18. The third-order valence-electron chi connectivity index (χ3n) is 4.77. The van der Waals surface area contributed by atoms with Crippen molar-refractivity contribution in [2.45, 2.75) is 26.4 Å². The van der Waals surface area contributed by atoms with E-state index >= 15 is 0 Å². The molecule has 3 aromatic rings. The molecule has 1 atom stereocenters. The van der Waals surface area contributed by atoms with Crippen LogP contribution in [0.3, 0.4) is 0 Å². The highest BCUT2D eigenvalue weighted by atomic mass is 35.5. The van der Waals surface area contributed by atoms with Crippen molar-refractivity contribution >= 4 is 16.8 Å². The van der Waals surface area contributed by atoms with Crippen LogP contribution in [0.15, 0.2) is 54.5 Å². The number of aromatic nitrogens is 3. The lowest BCUT2D eigenvalue weighted by Crippen LogP contribution is -2.10. The molecule has 9 heteroatoms. The zero-order valence-electron chi connectivity index (χ0n) is 18.0. The smallest absolute Gasteiger partial charge is 0.250 e. The number of allylic oxidation sites excluding steroid dienone is 1. The largest absolute Gasteiger partial charge is 0.468 e. The van der Waals surface area contributed by atoms with Crippen LogP contribution in [0, 0.1) is 17.0 Å². The van der Waals surface area contributed by atoms with E-state index in [1.54, 1.807) is 30.9 Å². The van der Waals surface area contributed by atoms with Gasteiger partial charge in [-0.2, -0.15) is 5.10 Å². The first-order valence-electron chi connectivity index (χ1n) is 10.1. The van der Waals surface area contributed by atoms with Gasteiger partial charge in [0.25, 0.3) is 5.88 Å². The van der Waals surface area contributed by atoms with Gasteiger partial charge in [-0.15, -0.1) is 0 Å². The van der Waals surface area contributed by atoms with Gasteiger partial charge in [-0.1, -0.05) is 11.6 Å². The van der Waals surface area contributed by atoms with Gasteiger partial charge in [0.15, 0.2) is 5.82 Å². The molecule has 0 saturated heterocycles. The highest BCUT2D eigenvalue weighted by molar-refractivity contribution is 6.68. The second-order valence-electron chi connectivity index (χ2n) is 7.18. The second kappa shape index (κ2) is 10.4. The van der Waals surface area contributed by atoms with Crippen molar-refractivity contribution in [3.05, 3.63) is 77.3 Å². The zero-order valence-corrected chi connectivity index (χ0v) is 18.8.